The Kier molecular flexibility index (Phi) is 3.41. The Hall–Kier alpha value is -2.21. The maximum Gasteiger partial charge on any atom is 0.270 e. The van der Waals surface area contributed by atoms with Gasteiger partial charge in [0.15, 0.2) is 0 Å². The summed E-state index contributed by atoms with van der Waals surface area (Å²) in [5, 5.41) is 4.24. The Morgan fingerprint density at radius 2 is 2.22 bits per heavy atom. The number of nitrogens with zero attached hydrogens (tertiary/aromatic N) is 3. The first-order valence-corrected chi connectivity index (χ1v) is 8.66. The molecule has 3 aromatic rings. The summed E-state index contributed by atoms with van der Waals surface area (Å²) in [5.74, 6) is -0.0790. The van der Waals surface area contributed by atoms with Crippen LogP contribution in [-0.2, 0) is 6.42 Å². The molecular weight excluding hydrogens is 308 g/mol. The zero-order valence-electron chi connectivity index (χ0n) is 13.2. The van der Waals surface area contributed by atoms with Gasteiger partial charge in [0.25, 0.3) is 5.91 Å². The molecule has 0 aromatic carbocycles. The molecule has 0 saturated carbocycles. The molecule has 0 fully saturated rings. The van der Waals surface area contributed by atoms with Gasteiger partial charge in [-0.05, 0) is 45.2 Å². The minimum Gasteiger partial charge on any atom is -0.342 e. The van der Waals surface area contributed by atoms with Crippen LogP contribution in [0.1, 0.15) is 50.6 Å². The molecular formula is C17H18N4OS. The molecule has 1 aliphatic rings. The molecule has 3 aromatic heterocycles. The van der Waals surface area contributed by atoms with Gasteiger partial charge in [-0.25, -0.2) is 9.97 Å². The van der Waals surface area contributed by atoms with E-state index in [1.54, 1.807) is 11.3 Å². The summed E-state index contributed by atoms with van der Waals surface area (Å²) < 4.78 is 1.85. The fourth-order valence-corrected chi connectivity index (χ4v) is 4.33. The van der Waals surface area contributed by atoms with Gasteiger partial charge in [-0.2, -0.15) is 0 Å². The predicted molar refractivity (Wildman–Crippen MR) is 89.9 cm³/mol. The standard InChI is InChI=1S/C17H18N4OS/c1-10-16(21-9-4-3-8-14(21)18-10)17(22)20-12-6-5-7-13-15(12)19-11(2)23-13/h3-4,8-9,12H,5-7H2,1-2H3,(H,20,22). The van der Waals surface area contributed by atoms with E-state index in [-0.39, 0.29) is 11.9 Å². The SMILES string of the molecule is Cc1nc2c(s1)CCCC2NC(=O)c1c(C)nc2ccccn12. The van der Waals surface area contributed by atoms with Crippen molar-refractivity contribution in [2.45, 2.75) is 39.2 Å². The van der Waals surface area contributed by atoms with Gasteiger partial charge in [0.2, 0.25) is 0 Å². The third-order valence-corrected chi connectivity index (χ3v) is 5.33. The van der Waals surface area contributed by atoms with Gasteiger partial charge < -0.3 is 5.32 Å². The number of rotatable bonds is 2. The molecule has 0 saturated heterocycles. The summed E-state index contributed by atoms with van der Waals surface area (Å²) in [5.41, 5.74) is 3.21. The topological polar surface area (TPSA) is 59.3 Å². The zero-order valence-corrected chi connectivity index (χ0v) is 14.0. The number of carbonyl (C=O) groups excluding carboxylic acids is 1. The average molecular weight is 326 g/mol. The summed E-state index contributed by atoms with van der Waals surface area (Å²) in [6.45, 7) is 3.90. The van der Waals surface area contributed by atoms with E-state index in [4.69, 9.17) is 0 Å². The number of thiazole rings is 1. The molecule has 1 N–H and O–H groups in total. The van der Waals surface area contributed by atoms with E-state index in [2.05, 4.69) is 15.3 Å². The van der Waals surface area contributed by atoms with Crippen LogP contribution in [0.2, 0.25) is 0 Å². The van der Waals surface area contributed by atoms with Crippen LogP contribution >= 0.6 is 11.3 Å². The Morgan fingerprint density at radius 3 is 3.09 bits per heavy atom. The number of pyridine rings is 1. The number of carbonyl (C=O) groups is 1. The normalized spacial score (nSPS) is 17.2. The third kappa shape index (κ3) is 2.43. The number of hydrogen-bond donors (Lipinski definition) is 1. The lowest BCUT2D eigenvalue weighted by atomic mass is 9.97. The van der Waals surface area contributed by atoms with Crippen LogP contribution < -0.4 is 5.32 Å². The van der Waals surface area contributed by atoms with Crippen molar-refractivity contribution in [3.63, 3.8) is 0 Å². The molecule has 1 unspecified atom stereocenters. The van der Waals surface area contributed by atoms with E-state index in [0.29, 0.717) is 5.69 Å². The first kappa shape index (κ1) is 14.4. The molecule has 1 amide bonds. The van der Waals surface area contributed by atoms with Crippen molar-refractivity contribution in [1.82, 2.24) is 19.7 Å². The van der Waals surface area contributed by atoms with Crippen molar-refractivity contribution < 1.29 is 4.79 Å². The minimum atomic E-state index is -0.0790. The van der Waals surface area contributed by atoms with Crippen LogP contribution in [0.25, 0.3) is 5.65 Å². The van der Waals surface area contributed by atoms with Gasteiger partial charge in [0, 0.05) is 11.1 Å². The maximum atomic E-state index is 12.8. The third-order valence-electron chi connectivity index (χ3n) is 4.29. The Labute approximate surface area is 138 Å². The summed E-state index contributed by atoms with van der Waals surface area (Å²) in [6.07, 6.45) is 4.98. The first-order valence-electron chi connectivity index (χ1n) is 7.84. The first-order chi connectivity index (χ1) is 11.1. The predicted octanol–water partition coefficient (Wildman–Crippen LogP) is 3.22. The maximum absolute atomic E-state index is 12.8. The summed E-state index contributed by atoms with van der Waals surface area (Å²) in [6, 6.07) is 5.75. The molecule has 3 heterocycles. The van der Waals surface area contributed by atoms with Gasteiger partial charge >= 0.3 is 0 Å². The highest BCUT2D eigenvalue weighted by atomic mass is 32.1. The number of aromatic nitrogens is 3. The highest BCUT2D eigenvalue weighted by Gasteiger charge is 2.27. The molecule has 4 rings (SSSR count). The number of amides is 1. The molecule has 1 aliphatic carbocycles. The Bertz CT molecular complexity index is 895. The fraction of sp³-hybridized carbons (Fsp3) is 0.353. The van der Waals surface area contributed by atoms with Crippen LogP contribution in [0.4, 0.5) is 0 Å². The van der Waals surface area contributed by atoms with Crippen LogP contribution in [-0.4, -0.2) is 20.3 Å². The molecule has 0 aliphatic heterocycles. The van der Waals surface area contributed by atoms with E-state index in [9.17, 15) is 4.79 Å². The monoisotopic (exact) mass is 326 g/mol. The van der Waals surface area contributed by atoms with Gasteiger partial charge in [0.1, 0.15) is 11.3 Å². The quantitative estimate of drug-likeness (QED) is 0.786. The number of aryl methyl sites for hydroxylation is 3. The van der Waals surface area contributed by atoms with Crippen molar-refractivity contribution >= 4 is 22.9 Å². The second-order valence-corrected chi connectivity index (χ2v) is 7.22. The highest BCUT2D eigenvalue weighted by molar-refractivity contribution is 7.11. The molecule has 23 heavy (non-hydrogen) atoms. The van der Waals surface area contributed by atoms with Gasteiger partial charge in [0.05, 0.1) is 22.4 Å². The lowest BCUT2D eigenvalue weighted by Crippen LogP contribution is -2.32. The van der Waals surface area contributed by atoms with Crippen LogP contribution in [0.3, 0.4) is 0 Å². The Balaban J connectivity index is 1.67. The van der Waals surface area contributed by atoms with Crippen molar-refractivity contribution in [3.05, 3.63) is 51.4 Å². The minimum absolute atomic E-state index is 0.00450. The Morgan fingerprint density at radius 1 is 1.35 bits per heavy atom. The van der Waals surface area contributed by atoms with E-state index >= 15 is 0 Å². The average Bonchev–Trinajstić information content (AvgIpc) is 3.06. The van der Waals surface area contributed by atoms with Crippen molar-refractivity contribution in [2.75, 3.05) is 0 Å². The molecule has 118 valence electrons. The van der Waals surface area contributed by atoms with Gasteiger partial charge in [-0.1, -0.05) is 6.07 Å². The number of nitrogens with one attached hydrogen (secondary N) is 1. The second-order valence-electron chi connectivity index (χ2n) is 5.93. The summed E-state index contributed by atoms with van der Waals surface area (Å²) >= 11 is 1.74. The van der Waals surface area contributed by atoms with Crippen molar-refractivity contribution in [1.29, 1.82) is 0 Å². The number of imidazole rings is 1. The smallest absolute Gasteiger partial charge is 0.270 e. The van der Waals surface area contributed by atoms with Crippen molar-refractivity contribution in [3.8, 4) is 0 Å². The van der Waals surface area contributed by atoms with E-state index in [0.717, 1.165) is 41.3 Å². The number of hydrogen-bond acceptors (Lipinski definition) is 4. The lowest BCUT2D eigenvalue weighted by Gasteiger charge is -2.22. The van der Waals surface area contributed by atoms with Gasteiger partial charge in [-0.15, -0.1) is 11.3 Å². The molecule has 0 bridgehead atoms. The highest BCUT2D eigenvalue weighted by Crippen LogP contribution is 2.33. The van der Waals surface area contributed by atoms with Crippen molar-refractivity contribution in [2.24, 2.45) is 0 Å². The molecule has 0 radical (unpaired) electrons. The zero-order chi connectivity index (χ0) is 16.0. The fourth-order valence-electron chi connectivity index (χ4n) is 3.29. The lowest BCUT2D eigenvalue weighted by molar-refractivity contribution is 0.0925. The molecule has 1 atom stereocenters. The largest absolute Gasteiger partial charge is 0.342 e. The molecule has 5 nitrogen and oxygen atoms in total. The van der Waals surface area contributed by atoms with Crippen LogP contribution in [0, 0.1) is 13.8 Å². The molecule has 6 heteroatoms. The summed E-state index contributed by atoms with van der Waals surface area (Å²) in [4.78, 5) is 23.2. The molecule has 0 spiro atoms. The van der Waals surface area contributed by atoms with E-state index < -0.39 is 0 Å². The van der Waals surface area contributed by atoms with E-state index in [1.807, 2.05) is 42.6 Å². The number of fused-ring (bicyclic) bond motifs is 2. The van der Waals surface area contributed by atoms with E-state index in [1.165, 1.54) is 4.88 Å². The van der Waals surface area contributed by atoms with Crippen LogP contribution in [0.15, 0.2) is 24.4 Å². The van der Waals surface area contributed by atoms with Gasteiger partial charge in [-0.3, -0.25) is 9.20 Å². The summed E-state index contributed by atoms with van der Waals surface area (Å²) in [7, 11) is 0. The second kappa shape index (κ2) is 5.45. The van der Waals surface area contributed by atoms with Crippen LogP contribution in [0.5, 0.6) is 0 Å².